The summed E-state index contributed by atoms with van der Waals surface area (Å²) in [5.41, 5.74) is 0. The second-order valence-electron chi connectivity index (χ2n) is 1.45. The molecular weight excluding hydrogens is 114 g/mol. The van der Waals surface area contributed by atoms with Crippen molar-refractivity contribution in [3.05, 3.63) is 10.1 Å². The Morgan fingerprint density at radius 2 is 2.14 bits per heavy atom. The lowest BCUT2D eigenvalue weighted by Gasteiger charge is -1.84. The van der Waals surface area contributed by atoms with E-state index < -0.39 is 0 Å². The van der Waals surface area contributed by atoms with Gasteiger partial charge in [0, 0.05) is 0 Å². The fourth-order valence-electron chi connectivity index (χ4n) is 0.211. The fourth-order valence-corrected chi connectivity index (χ4v) is 0.632. The lowest BCUT2D eigenvalue weighted by atomic mass is 11.5. The molecule has 42 valence electrons. The molecule has 0 saturated carbocycles. The maximum Gasteiger partial charge on any atom is 0.350 e. The number of nitrogens with zero attached hydrogens (tertiary/aromatic N) is 1. The van der Waals surface area contributed by atoms with Crippen molar-refractivity contribution in [2.45, 2.75) is 0 Å². The summed E-state index contributed by atoms with van der Waals surface area (Å²) < 4.78 is 0. The molecule has 0 heterocycles. The van der Waals surface area contributed by atoms with Crippen LogP contribution in [0.3, 0.4) is 0 Å². The van der Waals surface area contributed by atoms with Crippen LogP contribution in [0.1, 0.15) is 0 Å². The zero-order valence-corrected chi connectivity index (χ0v) is 5.20. The zero-order valence-electron chi connectivity index (χ0n) is 4.38. The van der Waals surface area contributed by atoms with Crippen LogP contribution in [-0.2, 0) is 10.9 Å². The normalized spacial score (nSPS) is 9.57. The molecule has 3 nitrogen and oxygen atoms in total. The average molecular weight is 122 g/mol. The number of hydrogen-bond donors (Lipinski definition) is 0. The minimum atomic E-state index is -0.289. The molecule has 0 rings (SSSR count). The molecule has 0 amide bonds. The first kappa shape index (κ1) is 6.75. The molecule has 0 fully saturated rings. The van der Waals surface area contributed by atoms with Crippen molar-refractivity contribution in [2.75, 3.05) is 18.4 Å². The van der Waals surface area contributed by atoms with Gasteiger partial charge >= 0.3 is 5.88 Å². The van der Waals surface area contributed by atoms with Crippen LogP contribution < -0.4 is 0 Å². The van der Waals surface area contributed by atoms with E-state index in [4.69, 9.17) is 0 Å². The molecule has 0 spiro atoms. The smallest absolute Gasteiger partial charge is 0.260 e. The fraction of sp³-hybridized carbons (Fsp3) is 1.00. The van der Waals surface area contributed by atoms with Crippen LogP contribution in [0.5, 0.6) is 0 Å². The summed E-state index contributed by atoms with van der Waals surface area (Å²) in [5.74, 6) is 0.111. The van der Waals surface area contributed by atoms with Crippen molar-refractivity contribution >= 4 is 10.9 Å². The van der Waals surface area contributed by atoms with E-state index in [9.17, 15) is 10.1 Å². The molecule has 0 atom stereocenters. The molecule has 0 aliphatic carbocycles. The summed E-state index contributed by atoms with van der Waals surface area (Å²) in [6.07, 6.45) is 3.70. The molecular formula is C3H8NO2S+. The third-order valence-electron chi connectivity index (χ3n) is 0.364. The zero-order chi connectivity index (χ0) is 5.86. The SMILES string of the molecule is C[S+](C)C[N+](=O)[O-]. The highest BCUT2D eigenvalue weighted by atomic mass is 32.2. The van der Waals surface area contributed by atoms with Gasteiger partial charge in [-0.2, -0.15) is 0 Å². The molecule has 4 heteroatoms. The molecule has 0 aliphatic heterocycles. The molecule has 0 N–H and O–H groups in total. The first-order chi connectivity index (χ1) is 3.13. The van der Waals surface area contributed by atoms with Crippen LogP contribution in [0.25, 0.3) is 0 Å². The van der Waals surface area contributed by atoms with Crippen molar-refractivity contribution in [1.29, 1.82) is 0 Å². The summed E-state index contributed by atoms with van der Waals surface area (Å²) in [6.45, 7) is 0. The molecule has 0 aromatic carbocycles. The van der Waals surface area contributed by atoms with Gasteiger partial charge in [-0.3, -0.25) is 10.1 Å². The standard InChI is InChI=1S/C3H8NO2S/c1-7(2)3-4(5)6/h3H2,1-2H3/q+1. The third kappa shape index (κ3) is 5.75. The third-order valence-corrected chi connectivity index (χ3v) is 1.09. The largest absolute Gasteiger partial charge is 0.350 e. The highest BCUT2D eigenvalue weighted by Crippen LogP contribution is 1.81. The lowest BCUT2D eigenvalue weighted by Crippen LogP contribution is -2.10. The van der Waals surface area contributed by atoms with Crippen LogP contribution >= 0.6 is 0 Å². The van der Waals surface area contributed by atoms with Crippen LogP contribution in [-0.4, -0.2) is 23.3 Å². The Balaban J connectivity index is 3.13. The van der Waals surface area contributed by atoms with Crippen LogP contribution in [0.4, 0.5) is 0 Å². The van der Waals surface area contributed by atoms with Gasteiger partial charge in [0.1, 0.15) is 12.5 Å². The molecule has 0 bridgehead atoms. The van der Waals surface area contributed by atoms with Gasteiger partial charge in [0.2, 0.25) is 0 Å². The van der Waals surface area contributed by atoms with Gasteiger partial charge in [-0.05, 0) is 0 Å². The minimum Gasteiger partial charge on any atom is -0.260 e. The summed E-state index contributed by atoms with van der Waals surface area (Å²) in [4.78, 5) is 9.33. The molecule has 0 aliphatic rings. The topological polar surface area (TPSA) is 43.1 Å². The van der Waals surface area contributed by atoms with E-state index in [0.29, 0.717) is 0 Å². The van der Waals surface area contributed by atoms with Gasteiger partial charge in [-0.15, -0.1) is 0 Å². The summed E-state index contributed by atoms with van der Waals surface area (Å²) >= 11 is 0. The Kier molecular flexibility index (Phi) is 2.75. The first-order valence-electron chi connectivity index (χ1n) is 1.79. The molecule has 0 saturated heterocycles. The van der Waals surface area contributed by atoms with E-state index in [2.05, 4.69) is 0 Å². The molecule has 0 aromatic heterocycles. The summed E-state index contributed by atoms with van der Waals surface area (Å²) in [6, 6.07) is 0. The van der Waals surface area contributed by atoms with Gasteiger partial charge in [0.05, 0.1) is 15.8 Å². The molecule has 7 heavy (non-hydrogen) atoms. The maximum atomic E-state index is 9.62. The number of rotatable bonds is 2. The average Bonchev–Trinajstić information content (AvgIpc) is 1.27. The highest BCUT2D eigenvalue weighted by Gasteiger charge is 2.08. The maximum absolute atomic E-state index is 9.62. The number of nitro groups is 1. The van der Waals surface area contributed by atoms with Crippen molar-refractivity contribution in [3.8, 4) is 0 Å². The summed E-state index contributed by atoms with van der Waals surface area (Å²) in [5, 5.41) is 9.62. The Morgan fingerprint density at radius 1 is 1.71 bits per heavy atom. The Morgan fingerprint density at radius 3 is 2.14 bits per heavy atom. The van der Waals surface area contributed by atoms with Crippen LogP contribution in [0.15, 0.2) is 0 Å². The highest BCUT2D eigenvalue weighted by molar-refractivity contribution is 7.95. The molecule has 0 aromatic rings. The van der Waals surface area contributed by atoms with E-state index in [1.54, 1.807) is 0 Å². The molecule has 0 radical (unpaired) electrons. The quantitative estimate of drug-likeness (QED) is 0.296. The van der Waals surface area contributed by atoms with E-state index in [0.717, 1.165) is 0 Å². The van der Waals surface area contributed by atoms with E-state index in [1.165, 1.54) is 0 Å². The van der Waals surface area contributed by atoms with E-state index in [-0.39, 0.29) is 21.7 Å². The predicted octanol–water partition coefficient (Wildman–Crippen LogP) is 0.0985. The van der Waals surface area contributed by atoms with E-state index in [1.807, 2.05) is 12.5 Å². The van der Waals surface area contributed by atoms with Gasteiger partial charge in [0.25, 0.3) is 0 Å². The summed E-state index contributed by atoms with van der Waals surface area (Å²) in [7, 11) is -0.0448. The van der Waals surface area contributed by atoms with E-state index >= 15 is 0 Å². The molecule has 0 unspecified atom stereocenters. The minimum absolute atomic E-state index is 0.0448. The van der Waals surface area contributed by atoms with Crippen molar-refractivity contribution in [3.63, 3.8) is 0 Å². The second kappa shape index (κ2) is 2.85. The lowest BCUT2D eigenvalue weighted by molar-refractivity contribution is -0.457. The van der Waals surface area contributed by atoms with Crippen molar-refractivity contribution in [1.82, 2.24) is 0 Å². The Hall–Kier alpha value is -0.250. The van der Waals surface area contributed by atoms with Gasteiger partial charge < -0.3 is 0 Å². The monoisotopic (exact) mass is 122 g/mol. The van der Waals surface area contributed by atoms with Gasteiger partial charge in [-0.25, -0.2) is 0 Å². The van der Waals surface area contributed by atoms with Crippen LogP contribution in [0, 0.1) is 10.1 Å². The van der Waals surface area contributed by atoms with Crippen LogP contribution in [0.2, 0.25) is 0 Å². The number of hydrogen-bond acceptors (Lipinski definition) is 2. The second-order valence-corrected chi connectivity index (χ2v) is 3.68. The predicted molar refractivity (Wildman–Crippen MR) is 31.1 cm³/mol. The van der Waals surface area contributed by atoms with Crippen molar-refractivity contribution < 1.29 is 4.92 Å². The van der Waals surface area contributed by atoms with Crippen molar-refractivity contribution in [2.24, 2.45) is 0 Å². The van der Waals surface area contributed by atoms with Gasteiger partial charge in [-0.1, -0.05) is 0 Å². The first-order valence-corrected chi connectivity index (χ1v) is 4.00. The van der Waals surface area contributed by atoms with Gasteiger partial charge in [0.15, 0.2) is 0 Å². The Bertz CT molecular complexity index is 73.3. The Labute approximate surface area is 45.2 Å².